The van der Waals surface area contributed by atoms with Crippen molar-refractivity contribution < 1.29 is 4.79 Å². The number of carbonyl (C=O) groups excluding carboxylic acids is 1. The molecule has 116 valence electrons. The number of hydrogen-bond donors (Lipinski definition) is 1. The van der Waals surface area contributed by atoms with Gasteiger partial charge >= 0.3 is 0 Å². The predicted molar refractivity (Wildman–Crippen MR) is 88.8 cm³/mol. The summed E-state index contributed by atoms with van der Waals surface area (Å²) < 4.78 is 0. The molecule has 0 bridgehead atoms. The van der Waals surface area contributed by atoms with Gasteiger partial charge in [0.1, 0.15) is 0 Å². The van der Waals surface area contributed by atoms with Crippen LogP contribution in [-0.2, 0) is 4.79 Å². The summed E-state index contributed by atoms with van der Waals surface area (Å²) in [6, 6.07) is 6.30. The highest BCUT2D eigenvalue weighted by atomic mass is 16.2. The maximum absolute atomic E-state index is 12.7. The molecule has 1 aliphatic carbocycles. The van der Waals surface area contributed by atoms with Crippen LogP contribution in [0.2, 0.25) is 0 Å². The number of aryl methyl sites for hydroxylation is 2. The minimum Gasteiger partial charge on any atom is -0.315 e. The molecule has 21 heavy (non-hydrogen) atoms. The SMILES string of the molecule is CNC1(CC(=O)N(C)c2cc(C)cc(C)c2)CCCCC1. The van der Waals surface area contributed by atoms with Gasteiger partial charge < -0.3 is 10.2 Å². The topological polar surface area (TPSA) is 32.3 Å². The highest BCUT2D eigenvalue weighted by Crippen LogP contribution is 2.31. The van der Waals surface area contributed by atoms with Crippen LogP contribution in [0.5, 0.6) is 0 Å². The predicted octanol–water partition coefficient (Wildman–Crippen LogP) is 3.58. The monoisotopic (exact) mass is 288 g/mol. The average Bonchev–Trinajstić information content (AvgIpc) is 2.46. The van der Waals surface area contributed by atoms with Gasteiger partial charge in [-0.15, -0.1) is 0 Å². The molecule has 0 unspecified atom stereocenters. The minimum atomic E-state index is 0.00244. The molecular weight excluding hydrogens is 260 g/mol. The van der Waals surface area contributed by atoms with E-state index in [4.69, 9.17) is 0 Å². The standard InChI is InChI=1S/C18H28N2O/c1-14-10-15(2)12-16(11-14)20(4)17(21)13-18(19-3)8-6-5-7-9-18/h10-12,19H,5-9,13H2,1-4H3. The third-order valence-corrected chi connectivity index (χ3v) is 4.80. The van der Waals surface area contributed by atoms with Crippen molar-refractivity contribution in [3.05, 3.63) is 29.3 Å². The summed E-state index contributed by atoms with van der Waals surface area (Å²) in [5.74, 6) is 0.205. The second-order valence-electron chi connectivity index (χ2n) is 6.57. The van der Waals surface area contributed by atoms with E-state index in [1.807, 2.05) is 19.0 Å². The number of anilines is 1. The first-order chi connectivity index (χ1) is 9.96. The lowest BCUT2D eigenvalue weighted by Crippen LogP contribution is -2.48. The number of nitrogens with zero attached hydrogens (tertiary/aromatic N) is 1. The number of rotatable bonds is 4. The summed E-state index contributed by atoms with van der Waals surface area (Å²) in [4.78, 5) is 14.5. The van der Waals surface area contributed by atoms with Gasteiger partial charge in [0.2, 0.25) is 5.91 Å². The van der Waals surface area contributed by atoms with Gasteiger partial charge in [0.15, 0.2) is 0 Å². The molecular formula is C18H28N2O. The largest absolute Gasteiger partial charge is 0.315 e. The first-order valence-electron chi connectivity index (χ1n) is 7.99. The summed E-state index contributed by atoms with van der Waals surface area (Å²) >= 11 is 0. The van der Waals surface area contributed by atoms with E-state index in [-0.39, 0.29) is 11.4 Å². The number of nitrogens with one attached hydrogen (secondary N) is 1. The highest BCUT2D eigenvalue weighted by molar-refractivity contribution is 5.93. The molecule has 1 amide bonds. The Bertz CT molecular complexity index is 484. The van der Waals surface area contributed by atoms with Crippen molar-refractivity contribution in [1.29, 1.82) is 0 Å². The van der Waals surface area contributed by atoms with E-state index in [0.29, 0.717) is 6.42 Å². The third kappa shape index (κ3) is 3.85. The summed E-state index contributed by atoms with van der Waals surface area (Å²) in [5.41, 5.74) is 3.40. The van der Waals surface area contributed by atoms with Crippen LogP contribution in [0.3, 0.4) is 0 Å². The van der Waals surface area contributed by atoms with Gasteiger partial charge in [-0.05, 0) is 57.0 Å². The van der Waals surface area contributed by atoms with E-state index >= 15 is 0 Å². The minimum absolute atomic E-state index is 0.00244. The van der Waals surface area contributed by atoms with Crippen LogP contribution in [0, 0.1) is 13.8 Å². The Morgan fingerprint density at radius 1 is 1.14 bits per heavy atom. The fourth-order valence-corrected chi connectivity index (χ4v) is 3.44. The maximum Gasteiger partial charge on any atom is 0.228 e. The molecule has 0 atom stereocenters. The van der Waals surface area contributed by atoms with E-state index < -0.39 is 0 Å². The second-order valence-corrected chi connectivity index (χ2v) is 6.57. The maximum atomic E-state index is 12.7. The molecule has 0 saturated heterocycles. The van der Waals surface area contributed by atoms with Crippen molar-refractivity contribution in [3.63, 3.8) is 0 Å². The Kier molecular flexibility index (Phi) is 5.04. The van der Waals surface area contributed by atoms with E-state index in [1.54, 1.807) is 0 Å². The fourth-order valence-electron chi connectivity index (χ4n) is 3.44. The molecule has 3 nitrogen and oxygen atoms in total. The molecule has 3 heteroatoms. The summed E-state index contributed by atoms with van der Waals surface area (Å²) in [6.45, 7) is 4.15. The lowest BCUT2D eigenvalue weighted by atomic mass is 9.79. The molecule has 0 radical (unpaired) electrons. The van der Waals surface area contributed by atoms with Crippen LogP contribution in [0.15, 0.2) is 18.2 Å². The lowest BCUT2D eigenvalue weighted by molar-refractivity contribution is -0.120. The van der Waals surface area contributed by atoms with Crippen LogP contribution in [0.25, 0.3) is 0 Å². The second kappa shape index (κ2) is 6.61. The smallest absolute Gasteiger partial charge is 0.228 e. The molecule has 2 rings (SSSR count). The Morgan fingerprint density at radius 3 is 2.24 bits per heavy atom. The van der Waals surface area contributed by atoms with Gasteiger partial charge in [0.25, 0.3) is 0 Å². The first-order valence-corrected chi connectivity index (χ1v) is 7.99. The Balaban J connectivity index is 2.11. The zero-order chi connectivity index (χ0) is 15.5. The molecule has 1 aromatic carbocycles. The highest BCUT2D eigenvalue weighted by Gasteiger charge is 2.33. The van der Waals surface area contributed by atoms with Crippen molar-refractivity contribution >= 4 is 11.6 Å². The molecule has 0 spiro atoms. The van der Waals surface area contributed by atoms with Gasteiger partial charge in [-0.3, -0.25) is 4.79 Å². The average molecular weight is 288 g/mol. The third-order valence-electron chi connectivity index (χ3n) is 4.80. The summed E-state index contributed by atoms with van der Waals surface area (Å²) in [7, 11) is 3.89. The van der Waals surface area contributed by atoms with Crippen molar-refractivity contribution in [1.82, 2.24) is 5.32 Å². The first kappa shape index (κ1) is 16.0. The van der Waals surface area contributed by atoms with Gasteiger partial charge in [-0.25, -0.2) is 0 Å². The van der Waals surface area contributed by atoms with Crippen molar-refractivity contribution in [3.8, 4) is 0 Å². The molecule has 1 aromatic rings. The quantitative estimate of drug-likeness (QED) is 0.918. The molecule has 1 N–H and O–H groups in total. The number of benzene rings is 1. The van der Waals surface area contributed by atoms with Crippen LogP contribution in [0.1, 0.15) is 49.7 Å². The van der Waals surface area contributed by atoms with E-state index in [0.717, 1.165) is 18.5 Å². The van der Waals surface area contributed by atoms with E-state index in [9.17, 15) is 4.79 Å². The zero-order valence-electron chi connectivity index (χ0n) is 13.8. The van der Waals surface area contributed by atoms with Crippen LogP contribution >= 0.6 is 0 Å². The molecule has 0 aliphatic heterocycles. The Labute approximate surface area is 128 Å². The van der Waals surface area contributed by atoms with Crippen LogP contribution in [0.4, 0.5) is 5.69 Å². The molecule has 0 heterocycles. The van der Waals surface area contributed by atoms with Gasteiger partial charge in [0.05, 0.1) is 0 Å². The van der Waals surface area contributed by atoms with Gasteiger partial charge in [-0.1, -0.05) is 25.3 Å². The van der Waals surface area contributed by atoms with E-state index in [1.165, 1.54) is 30.4 Å². The van der Waals surface area contributed by atoms with Crippen molar-refractivity contribution in [2.75, 3.05) is 19.0 Å². The Hall–Kier alpha value is -1.35. The number of hydrogen-bond acceptors (Lipinski definition) is 2. The number of carbonyl (C=O) groups is 1. The van der Waals surface area contributed by atoms with Crippen LogP contribution in [-0.4, -0.2) is 25.5 Å². The van der Waals surface area contributed by atoms with Crippen molar-refractivity contribution in [2.45, 2.75) is 57.9 Å². The normalized spacial score (nSPS) is 17.5. The van der Waals surface area contributed by atoms with E-state index in [2.05, 4.69) is 37.4 Å². The zero-order valence-corrected chi connectivity index (χ0v) is 13.8. The molecule has 0 aromatic heterocycles. The number of amides is 1. The summed E-state index contributed by atoms with van der Waals surface area (Å²) in [5, 5.41) is 3.43. The van der Waals surface area contributed by atoms with Crippen LogP contribution < -0.4 is 10.2 Å². The Morgan fingerprint density at radius 2 is 1.71 bits per heavy atom. The molecule has 1 aliphatic rings. The molecule has 1 fully saturated rings. The van der Waals surface area contributed by atoms with Gasteiger partial charge in [-0.2, -0.15) is 0 Å². The fraction of sp³-hybridized carbons (Fsp3) is 0.611. The molecule has 1 saturated carbocycles. The summed E-state index contributed by atoms with van der Waals surface area (Å²) in [6.07, 6.45) is 6.55. The lowest BCUT2D eigenvalue weighted by Gasteiger charge is -2.37. The van der Waals surface area contributed by atoms with Gasteiger partial charge in [0, 0.05) is 24.7 Å². The van der Waals surface area contributed by atoms with Crippen molar-refractivity contribution in [2.24, 2.45) is 0 Å².